The third-order valence-corrected chi connectivity index (χ3v) is 11.6. The summed E-state index contributed by atoms with van der Waals surface area (Å²) in [5, 5.41) is 36.9. The van der Waals surface area contributed by atoms with Gasteiger partial charge >= 0.3 is 0 Å². The molecule has 4 aliphatic heterocycles. The number of hydrogen-bond donors (Lipinski definition) is 3. The van der Waals surface area contributed by atoms with Gasteiger partial charge in [-0.3, -0.25) is 4.90 Å². The molecule has 0 aromatic rings. The molecular formula is C24H37NO7. The maximum absolute atomic E-state index is 12.9. The summed E-state index contributed by atoms with van der Waals surface area (Å²) in [5.74, 6) is -0.374. The summed E-state index contributed by atoms with van der Waals surface area (Å²) in [6.07, 6.45) is 1.31. The molecule has 9 aliphatic rings. The van der Waals surface area contributed by atoms with Crippen LogP contribution in [-0.2, 0) is 18.9 Å². The summed E-state index contributed by atoms with van der Waals surface area (Å²) in [7, 11) is 5.06. The molecule has 5 aliphatic carbocycles. The minimum Gasteiger partial charge on any atom is -0.392 e. The van der Waals surface area contributed by atoms with Crippen LogP contribution in [0.5, 0.6) is 0 Å². The first-order valence-corrected chi connectivity index (χ1v) is 12.4. The molecule has 4 saturated heterocycles. The summed E-state index contributed by atoms with van der Waals surface area (Å²) in [4.78, 5) is 2.32. The zero-order valence-electron chi connectivity index (χ0n) is 19.4. The van der Waals surface area contributed by atoms with Gasteiger partial charge in [-0.2, -0.15) is 0 Å². The second-order valence-corrected chi connectivity index (χ2v) is 11.8. The van der Waals surface area contributed by atoms with Gasteiger partial charge in [0.25, 0.3) is 0 Å². The van der Waals surface area contributed by atoms with Crippen LogP contribution in [0.1, 0.15) is 32.6 Å². The normalized spacial score (nSPS) is 65.7. The van der Waals surface area contributed by atoms with Gasteiger partial charge in [0.2, 0.25) is 0 Å². The lowest BCUT2D eigenvalue weighted by atomic mass is 9.41. The van der Waals surface area contributed by atoms with Gasteiger partial charge in [0.15, 0.2) is 0 Å². The van der Waals surface area contributed by atoms with Crippen molar-refractivity contribution in [2.45, 2.75) is 80.5 Å². The van der Waals surface area contributed by atoms with Crippen LogP contribution in [-0.4, -0.2) is 103 Å². The predicted molar refractivity (Wildman–Crippen MR) is 111 cm³/mol. The molecule has 9 bridgehead atoms. The van der Waals surface area contributed by atoms with Gasteiger partial charge in [-0.05, 0) is 31.7 Å². The number of piperidine rings is 1. The quantitative estimate of drug-likeness (QED) is 0.536. The Hall–Kier alpha value is -0.320. The van der Waals surface area contributed by atoms with Crippen molar-refractivity contribution in [1.82, 2.24) is 4.90 Å². The van der Waals surface area contributed by atoms with E-state index in [9.17, 15) is 15.3 Å². The molecule has 0 amide bonds. The predicted octanol–water partition coefficient (Wildman–Crippen LogP) is -0.0191. The SMILES string of the molecule is CCN1C2OC3CCC2(COC)C2C(OC)C4(O)C1C32C1CC2C(OC)CC4(O)C1C2O. The molecule has 0 radical (unpaired) electrons. The molecule has 8 nitrogen and oxygen atoms in total. The molecule has 14 atom stereocenters. The summed E-state index contributed by atoms with van der Waals surface area (Å²) < 4.78 is 24.7. The Morgan fingerprint density at radius 1 is 1.16 bits per heavy atom. The smallest absolute Gasteiger partial charge is 0.136 e. The van der Waals surface area contributed by atoms with Crippen molar-refractivity contribution < 1.29 is 34.3 Å². The summed E-state index contributed by atoms with van der Waals surface area (Å²) >= 11 is 0. The van der Waals surface area contributed by atoms with Crippen LogP contribution in [0.15, 0.2) is 0 Å². The second kappa shape index (κ2) is 6.08. The first-order chi connectivity index (χ1) is 15.3. The Morgan fingerprint density at radius 2 is 1.94 bits per heavy atom. The first-order valence-electron chi connectivity index (χ1n) is 12.4. The fraction of sp³-hybridized carbons (Fsp3) is 1.00. The van der Waals surface area contributed by atoms with Crippen molar-refractivity contribution in [3.8, 4) is 0 Å². The number of nitrogens with zero attached hydrogens (tertiary/aromatic N) is 1. The molecule has 32 heavy (non-hydrogen) atoms. The lowest BCUT2D eigenvalue weighted by Crippen LogP contribution is -2.86. The molecule has 0 aromatic carbocycles. The van der Waals surface area contributed by atoms with Crippen molar-refractivity contribution in [3.63, 3.8) is 0 Å². The number of likely N-dealkylation sites (N-methyl/N-ethyl adjacent to an activating group) is 1. The molecule has 1 spiro atoms. The maximum atomic E-state index is 12.9. The van der Waals surface area contributed by atoms with Gasteiger partial charge < -0.3 is 34.3 Å². The summed E-state index contributed by atoms with van der Waals surface area (Å²) in [5.41, 5.74) is -3.69. The Kier molecular flexibility index (Phi) is 3.99. The van der Waals surface area contributed by atoms with Gasteiger partial charge in [-0.15, -0.1) is 0 Å². The lowest BCUT2D eigenvalue weighted by Gasteiger charge is -2.76. The maximum Gasteiger partial charge on any atom is 0.136 e. The van der Waals surface area contributed by atoms with Crippen molar-refractivity contribution in [1.29, 1.82) is 0 Å². The van der Waals surface area contributed by atoms with Crippen molar-refractivity contribution >= 4 is 0 Å². The van der Waals surface area contributed by atoms with Crippen molar-refractivity contribution in [2.24, 2.45) is 34.5 Å². The van der Waals surface area contributed by atoms with Crippen LogP contribution >= 0.6 is 0 Å². The monoisotopic (exact) mass is 451 g/mol. The van der Waals surface area contributed by atoms with Gasteiger partial charge in [0.05, 0.1) is 37.1 Å². The fourth-order valence-electron chi connectivity index (χ4n) is 11.2. The number of aliphatic hydroxyl groups excluding tert-OH is 1. The molecule has 9 fully saturated rings. The number of methoxy groups -OCH3 is 3. The third kappa shape index (κ3) is 1.70. The van der Waals surface area contributed by atoms with E-state index in [2.05, 4.69) is 11.8 Å². The lowest BCUT2D eigenvalue weighted by molar-refractivity contribution is -0.410. The molecule has 9 rings (SSSR count). The van der Waals surface area contributed by atoms with Crippen LogP contribution < -0.4 is 0 Å². The highest BCUT2D eigenvalue weighted by Gasteiger charge is 2.94. The van der Waals surface area contributed by atoms with Gasteiger partial charge in [-0.25, -0.2) is 0 Å². The Labute approximate surface area is 189 Å². The molecule has 8 heteroatoms. The van der Waals surface area contributed by atoms with E-state index in [4.69, 9.17) is 18.9 Å². The first kappa shape index (κ1) is 21.0. The van der Waals surface area contributed by atoms with E-state index in [1.54, 1.807) is 21.3 Å². The van der Waals surface area contributed by atoms with Crippen LogP contribution in [0, 0.1) is 34.5 Å². The molecular weight excluding hydrogens is 414 g/mol. The van der Waals surface area contributed by atoms with E-state index in [1.807, 2.05) is 0 Å². The molecule has 14 unspecified atom stereocenters. The highest BCUT2D eigenvalue weighted by molar-refractivity contribution is 5.43. The molecule has 180 valence electrons. The van der Waals surface area contributed by atoms with E-state index < -0.39 is 29.3 Å². The Balaban J connectivity index is 1.55. The van der Waals surface area contributed by atoms with E-state index in [0.29, 0.717) is 19.6 Å². The van der Waals surface area contributed by atoms with E-state index in [-0.39, 0.29) is 53.1 Å². The fourth-order valence-corrected chi connectivity index (χ4v) is 11.2. The minimum absolute atomic E-state index is 0.00204. The minimum atomic E-state index is -1.52. The number of aliphatic hydroxyl groups is 3. The average molecular weight is 452 g/mol. The summed E-state index contributed by atoms with van der Waals surface area (Å²) in [6, 6.07) is -0.267. The second-order valence-electron chi connectivity index (χ2n) is 11.8. The zero-order valence-corrected chi connectivity index (χ0v) is 19.4. The largest absolute Gasteiger partial charge is 0.392 e. The number of hydrogen-bond acceptors (Lipinski definition) is 8. The molecule has 5 saturated carbocycles. The van der Waals surface area contributed by atoms with Crippen LogP contribution in [0.2, 0.25) is 0 Å². The van der Waals surface area contributed by atoms with Crippen molar-refractivity contribution in [2.75, 3.05) is 34.5 Å². The zero-order chi connectivity index (χ0) is 22.4. The Morgan fingerprint density at radius 3 is 2.59 bits per heavy atom. The number of rotatable bonds is 5. The topological polar surface area (TPSA) is 101 Å². The van der Waals surface area contributed by atoms with Crippen LogP contribution in [0.25, 0.3) is 0 Å². The molecule has 4 heterocycles. The van der Waals surface area contributed by atoms with Gasteiger partial charge in [0, 0.05) is 56.3 Å². The van der Waals surface area contributed by atoms with Gasteiger partial charge in [-0.1, -0.05) is 6.92 Å². The number of fused-ring (bicyclic) bond motifs is 3. The van der Waals surface area contributed by atoms with E-state index >= 15 is 0 Å². The van der Waals surface area contributed by atoms with E-state index in [1.165, 1.54) is 0 Å². The molecule has 3 N–H and O–H groups in total. The van der Waals surface area contributed by atoms with Crippen LogP contribution in [0.4, 0.5) is 0 Å². The highest BCUT2D eigenvalue weighted by atomic mass is 16.5. The third-order valence-electron chi connectivity index (χ3n) is 11.6. The molecule has 0 aromatic heterocycles. The standard InChI is InChI=1S/C24H37NO7/c1-5-25-19-23-12-8-11-13(30-3)9-22(27,15(12)16(11)26)24(19,28)18(31-4)17(23)21(10-29-2)7-6-14(23)32-20(21)25/h11-20,26-28H,5-10H2,1-4H3. The highest BCUT2D eigenvalue weighted by Crippen LogP contribution is 2.83. The summed E-state index contributed by atoms with van der Waals surface area (Å²) in [6.45, 7) is 3.37. The Bertz CT molecular complexity index is 839. The van der Waals surface area contributed by atoms with Gasteiger partial charge in [0.1, 0.15) is 17.4 Å². The number of ether oxygens (including phenoxy) is 4. The average Bonchev–Trinajstić information content (AvgIpc) is 3.17. The van der Waals surface area contributed by atoms with Crippen LogP contribution in [0.3, 0.4) is 0 Å². The van der Waals surface area contributed by atoms with Crippen molar-refractivity contribution in [3.05, 3.63) is 0 Å². The van der Waals surface area contributed by atoms with E-state index in [0.717, 1.165) is 19.3 Å².